The summed E-state index contributed by atoms with van der Waals surface area (Å²) in [7, 11) is 0. The maximum atomic E-state index is 13.0. The number of hydrogen-bond acceptors (Lipinski definition) is 9. The van der Waals surface area contributed by atoms with Gasteiger partial charge >= 0.3 is 6.09 Å². The van der Waals surface area contributed by atoms with Crippen molar-refractivity contribution in [3.8, 4) is 0 Å². The molecule has 1 fully saturated rings. The van der Waals surface area contributed by atoms with E-state index in [0.717, 1.165) is 4.90 Å². The molecule has 13 nitrogen and oxygen atoms in total. The Hall–Kier alpha value is -3.84. The molecule has 0 radical (unpaired) electrons. The van der Waals surface area contributed by atoms with Crippen LogP contribution in [-0.2, 0) is 28.6 Å². The van der Waals surface area contributed by atoms with Crippen molar-refractivity contribution in [1.29, 1.82) is 0 Å². The molecule has 200 valence electrons. The van der Waals surface area contributed by atoms with Crippen molar-refractivity contribution < 1.29 is 43.0 Å². The number of hydrogen-bond donors (Lipinski definition) is 3. The van der Waals surface area contributed by atoms with E-state index in [1.54, 1.807) is 20.8 Å². The lowest BCUT2D eigenvalue weighted by Crippen LogP contribution is -2.54. The van der Waals surface area contributed by atoms with E-state index in [9.17, 15) is 28.8 Å². The number of amides is 6. The Morgan fingerprint density at radius 3 is 2.49 bits per heavy atom. The number of rotatable bonds is 10. The third-order valence-electron chi connectivity index (χ3n) is 5.26. The molecule has 0 aromatic heterocycles. The van der Waals surface area contributed by atoms with Gasteiger partial charge in [-0.05, 0) is 39.3 Å². The van der Waals surface area contributed by atoms with E-state index in [1.807, 2.05) is 0 Å². The van der Waals surface area contributed by atoms with Crippen molar-refractivity contribution in [3.05, 3.63) is 29.3 Å². The molecule has 0 aliphatic carbocycles. The molecule has 1 aromatic carbocycles. The molecule has 6 amide bonds. The zero-order valence-electron chi connectivity index (χ0n) is 20.9. The molecule has 13 heteroatoms. The van der Waals surface area contributed by atoms with Crippen LogP contribution in [0, 0.1) is 0 Å². The summed E-state index contributed by atoms with van der Waals surface area (Å²) in [5.74, 6) is -3.12. The second-order valence-corrected chi connectivity index (χ2v) is 9.32. The minimum Gasteiger partial charge on any atom is -0.444 e. The number of anilines is 1. The topological polar surface area (TPSA) is 169 Å². The molecule has 37 heavy (non-hydrogen) atoms. The maximum Gasteiger partial charge on any atom is 0.407 e. The van der Waals surface area contributed by atoms with Crippen LogP contribution in [0.3, 0.4) is 0 Å². The van der Waals surface area contributed by atoms with Crippen molar-refractivity contribution >= 4 is 41.3 Å². The Balaban J connectivity index is 1.43. The zero-order chi connectivity index (χ0) is 27.2. The lowest BCUT2D eigenvalue weighted by atomic mass is 10.0. The summed E-state index contributed by atoms with van der Waals surface area (Å²) < 4.78 is 15.7. The predicted octanol–water partition coefficient (Wildman–Crippen LogP) is 0.584. The Kier molecular flexibility index (Phi) is 8.95. The van der Waals surface area contributed by atoms with Gasteiger partial charge in [-0.2, -0.15) is 0 Å². The summed E-state index contributed by atoms with van der Waals surface area (Å²) in [6, 6.07) is 3.31. The van der Waals surface area contributed by atoms with Gasteiger partial charge < -0.3 is 24.8 Å². The molecule has 1 atom stereocenters. The smallest absolute Gasteiger partial charge is 0.407 e. The number of alkyl carbamates (subject to hydrolysis) is 1. The molecular weight excluding hydrogens is 488 g/mol. The van der Waals surface area contributed by atoms with Crippen LogP contribution < -0.4 is 16.0 Å². The van der Waals surface area contributed by atoms with Gasteiger partial charge in [0.15, 0.2) is 0 Å². The van der Waals surface area contributed by atoms with E-state index in [2.05, 4.69) is 16.0 Å². The molecule has 3 rings (SSSR count). The SMILES string of the molecule is CC(C)(C)OC(=O)NCCOCCOCC(=O)Nc1cccc2c1C(=O)N(C1CCC(=O)NC1=O)C2=O. The summed E-state index contributed by atoms with van der Waals surface area (Å²) in [5.41, 5.74) is -0.438. The molecule has 2 aliphatic heterocycles. The standard InChI is InChI=1S/C24H30N4O9/c1-24(2,3)37-23(34)25-9-10-35-11-12-36-13-18(30)26-15-6-4-5-14-19(15)22(33)28(21(14)32)16-7-8-17(29)27-20(16)31/h4-6,16H,7-13H2,1-3H3,(H,25,34)(H,26,30)(H,27,29,31). The highest BCUT2D eigenvalue weighted by Gasteiger charge is 2.45. The fourth-order valence-corrected chi connectivity index (χ4v) is 3.73. The molecule has 1 saturated heterocycles. The first-order valence-corrected chi connectivity index (χ1v) is 11.7. The number of nitrogens with zero attached hydrogens (tertiary/aromatic N) is 1. The first kappa shape index (κ1) is 27.7. The number of imide groups is 2. The third kappa shape index (κ3) is 7.33. The molecule has 2 heterocycles. The molecular formula is C24H30N4O9. The van der Waals surface area contributed by atoms with E-state index in [-0.39, 0.29) is 62.6 Å². The van der Waals surface area contributed by atoms with E-state index in [1.165, 1.54) is 18.2 Å². The normalized spacial score (nSPS) is 17.4. The Morgan fingerprint density at radius 2 is 1.78 bits per heavy atom. The van der Waals surface area contributed by atoms with Crippen LogP contribution in [0.2, 0.25) is 0 Å². The van der Waals surface area contributed by atoms with Gasteiger partial charge in [0, 0.05) is 13.0 Å². The molecule has 2 aliphatic rings. The van der Waals surface area contributed by atoms with E-state index >= 15 is 0 Å². The minimum atomic E-state index is -1.10. The summed E-state index contributed by atoms with van der Waals surface area (Å²) in [4.78, 5) is 74.2. The van der Waals surface area contributed by atoms with Crippen LogP contribution in [0.5, 0.6) is 0 Å². The lowest BCUT2D eigenvalue weighted by Gasteiger charge is -2.27. The van der Waals surface area contributed by atoms with E-state index in [4.69, 9.17) is 14.2 Å². The average Bonchev–Trinajstić information content (AvgIpc) is 3.05. The molecule has 0 saturated carbocycles. The van der Waals surface area contributed by atoms with Gasteiger partial charge in [0.05, 0.1) is 36.6 Å². The number of carbonyl (C=O) groups excluding carboxylic acids is 6. The van der Waals surface area contributed by atoms with Crippen molar-refractivity contribution in [1.82, 2.24) is 15.5 Å². The minimum absolute atomic E-state index is 0.00864. The summed E-state index contributed by atoms with van der Waals surface area (Å²) >= 11 is 0. The van der Waals surface area contributed by atoms with Crippen LogP contribution in [-0.4, -0.2) is 85.1 Å². The van der Waals surface area contributed by atoms with Crippen LogP contribution in [0.4, 0.5) is 10.5 Å². The summed E-state index contributed by atoms with van der Waals surface area (Å²) in [6.45, 7) is 5.70. The zero-order valence-corrected chi connectivity index (χ0v) is 20.9. The van der Waals surface area contributed by atoms with Gasteiger partial charge in [0.2, 0.25) is 17.7 Å². The lowest BCUT2D eigenvalue weighted by molar-refractivity contribution is -0.136. The second kappa shape index (κ2) is 11.9. The highest BCUT2D eigenvalue weighted by atomic mass is 16.6. The number of benzene rings is 1. The molecule has 1 unspecified atom stereocenters. The summed E-state index contributed by atoms with van der Waals surface area (Å²) in [5, 5.41) is 7.24. The third-order valence-corrected chi connectivity index (χ3v) is 5.26. The van der Waals surface area contributed by atoms with E-state index < -0.39 is 47.3 Å². The van der Waals surface area contributed by atoms with Gasteiger partial charge in [0.1, 0.15) is 18.2 Å². The van der Waals surface area contributed by atoms with Crippen LogP contribution in [0.25, 0.3) is 0 Å². The molecule has 1 aromatic rings. The highest BCUT2D eigenvalue weighted by Crippen LogP contribution is 2.32. The first-order valence-electron chi connectivity index (χ1n) is 11.7. The van der Waals surface area contributed by atoms with Crippen LogP contribution >= 0.6 is 0 Å². The highest BCUT2D eigenvalue weighted by molar-refractivity contribution is 6.26. The second-order valence-electron chi connectivity index (χ2n) is 9.32. The monoisotopic (exact) mass is 518 g/mol. The van der Waals surface area contributed by atoms with Crippen molar-refractivity contribution in [2.24, 2.45) is 0 Å². The number of ether oxygens (including phenoxy) is 3. The fourth-order valence-electron chi connectivity index (χ4n) is 3.73. The fraction of sp³-hybridized carbons (Fsp3) is 0.500. The van der Waals surface area contributed by atoms with Gasteiger partial charge in [-0.3, -0.25) is 34.2 Å². The van der Waals surface area contributed by atoms with Gasteiger partial charge in [-0.15, -0.1) is 0 Å². The quantitative estimate of drug-likeness (QED) is 0.296. The largest absolute Gasteiger partial charge is 0.444 e. The Morgan fingerprint density at radius 1 is 1.05 bits per heavy atom. The maximum absolute atomic E-state index is 13.0. The number of fused-ring (bicyclic) bond motifs is 1. The number of carbonyl (C=O) groups is 6. The molecule has 3 N–H and O–H groups in total. The first-order chi connectivity index (χ1) is 17.5. The van der Waals surface area contributed by atoms with Gasteiger partial charge in [-0.25, -0.2) is 4.79 Å². The Labute approximate surface area is 213 Å². The van der Waals surface area contributed by atoms with Crippen molar-refractivity contribution in [3.63, 3.8) is 0 Å². The van der Waals surface area contributed by atoms with Gasteiger partial charge in [-0.1, -0.05) is 6.07 Å². The average molecular weight is 519 g/mol. The number of nitrogens with one attached hydrogen (secondary N) is 3. The summed E-state index contributed by atoms with van der Waals surface area (Å²) in [6.07, 6.45) is -0.503. The molecule has 0 bridgehead atoms. The Bertz CT molecular complexity index is 1100. The van der Waals surface area contributed by atoms with Crippen LogP contribution in [0.15, 0.2) is 18.2 Å². The van der Waals surface area contributed by atoms with Crippen molar-refractivity contribution in [2.45, 2.75) is 45.3 Å². The predicted molar refractivity (Wildman–Crippen MR) is 128 cm³/mol. The van der Waals surface area contributed by atoms with Crippen LogP contribution in [0.1, 0.15) is 54.3 Å². The van der Waals surface area contributed by atoms with E-state index in [0.29, 0.717) is 0 Å². The molecule has 0 spiro atoms. The van der Waals surface area contributed by atoms with Gasteiger partial charge in [0.25, 0.3) is 11.8 Å². The number of piperidine rings is 1. The van der Waals surface area contributed by atoms with Crippen molar-refractivity contribution in [2.75, 3.05) is 38.3 Å².